The molecule has 1 aromatic rings. The van der Waals surface area contributed by atoms with Gasteiger partial charge in [-0.15, -0.1) is 0 Å². The maximum atomic E-state index is 13.1. The maximum absolute atomic E-state index is 13.1. The molecule has 1 aromatic carbocycles. The summed E-state index contributed by atoms with van der Waals surface area (Å²) in [6, 6.07) is 4.33. The average Bonchev–Trinajstić information content (AvgIpc) is 3.01. The molecule has 0 radical (unpaired) electrons. The van der Waals surface area contributed by atoms with Crippen molar-refractivity contribution in [2.45, 2.75) is 39.8 Å². The summed E-state index contributed by atoms with van der Waals surface area (Å²) in [5, 5.41) is 2.34. The number of hydrogen-bond acceptors (Lipinski definition) is 5. The normalized spacial score (nSPS) is 20.0. The largest absolute Gasteiger partial charge is 0.368 e. The van der Waals surface area contributed by atoms with Crippen molar-refractivity contribution < 1.29 is 18.0 Å². The van der Waals surface area contributed by atoms with Crippen molar-refractivity contribution in [3.63, 3.8) is 0 Å². The van der Waals surface area contributed by atoms with E-state index in [4.69, 9.17) is 0 Å². The Kier molecular flexibility index (Phi) is 5.64. The Morgan fingerprint density at radius 3 is 2.36 bits per heavy atom. The smallest absolute Gasteiger partial charge is 0.323 e. The number of nitrogens with one attached hydrogen (secondary N) is 1. The number of carbonyl (C=O) groups is 2. The zero-order valence-corrected chi connectivity index (χ0v) is 17.4. The van der Waals surface area contributed by atoms with Gasteiger partial charge in [-0.2, -0.15) is 8.42 Å². The molecule has 8 nitrogen and oxygen atoms in total. The van der Waals surface area contributed by atoms with E-state index < -0.39 is 22.4 Å². The lowest BCUT2D eigenvalue weighted by Gasteiger charge is -2.39. The van der Waals surface area contributed by atoms with E-state index in [0.29, 0.717) is 26.2 Å². The molecule has 3 rings (SSSR count). The standard InChI is InChI=1S/C19H26N4O4S/c1-12(2)23-16(17(28(26)27)20-19(23)25)18(24)22-9-7-21(8-10-22)15-11-13(3)5-6-14(15)4/h5-6,11-12,16H,7-10H2,1-4H3,(H,20,25). The Morgan fingerprint density at radius 2 is 1.79 bits per heavy atom. The number of rotatable bonds is 3. The van der Waals surface area contributed by atoms with Gasteiger partial charge >= 0.3 is 6.03 Å². The molecule has 2 fully saturated rings. The van der Waals surface area contributed by atoms with Crippen LogP contribution in [0.4, 0.5) is 10.5 Å². The molecule has 0 saturated carbocycles. The lowest BCUT2D eigenvalue weighted by Crippen LogP contribution is -2.56. The van der Waals surface area contributed by atoms with E-state index in [1.54, 1.807) is 18.7 Å². The number of anilines is 1. The van der Waals surface area contributed by atoms with Gasteiger partial charge in [-0.25, -0.2) is 4.79 Å². The fourth-order valence-corrected chi connectivity index (χ4v) is 4.35. The number of carbonyl (C=O) groups excluding carboxylic acids is 2. The minimum absolute atomic E-state index is 0.263. The Labute approximate surface area is 166 Å². The summed E-state index contributed by atoms with van der Waals surface area (Å²) >= 11 is 0. The fraction of sp³-hybridized carbons (Fsp3) is 0.526. The number of benzene rings is 1. The molecule has 9 heteroatoms. The van der Waals surface area contributed by atoms with Gasteiger partial charge in [0.25, 0.3) is 5.91 Å². The highest BCUT2D eigenvalue weighted by atomic mass is 32.2. The fourth-order valence-electron chi connectivity index (χ4n) is 3.78. The zero-order chi connectivity index (χ0) is 20.6. The number of amides is 3. The van der Waals surface area contributed by atoms with Crippen LogP contribution in [0.25, 0.3) is 0 Å². The summed E-state index contributed by atoms with van der Waals surface area (Å²) < 4.78 is 23.1. The van der Waals surface area contributed by atoms with E-state index in [2.05, 4.69) is 35.3 Å². The van der Waals surface area contributed by atoms with Gasteiger partial charge in [0.05, 0.1) is 0 Å². The third kappa shape index (κ3) is 3.71. The third-order valence-electron chi connectivity index (χ3n) is 5.26. The van der Waals surface area contributed by atoms with E-state index in [0.717, 1.165) is 5.69 Å². The van der Waals surface area contributed by atoms with Crippen LogP contribution < -0.4 is 10.2 Å². The van der Waals surface area contributed by atoms with Crippen LogP contribution in [0.5, 0.6) is 0 Å². The first kappa shape index (κ1) is 20.2. The van der Waals surface area contributed by atoms with Gasteiger partial charge < -0.3 is 14.7 Å². The molecular formula is C19H26N4O4S. The zero-order valence-electron chi connectivity index (χ0n) is 16.6. The second-order valence-corrected chi connectivity index (χ2v) is 8.44. The predicted molar refractivity (Wildman–Crippen MR) is 108 cm³/mol. The van der Waals surface area contributed by atoms with E-state index in [1.807, 2.05) is 6.92 Å². The summed E-state index contributed by atoms with van der Waals surface area (Å²) in [5.41, 5.74) is 3.51. The Balaban J connectivity index is 1.78. The highest BCUT2D eigenvalue weighted by Gasteiger charge is 2.45. The molecule has 1 unspecified atom stereocenters. The summed E-state index contributed by atoms with van der Waals surface area (Å²) in [6.07, 6.45) is 0. The molecule has 152 valence electrons. The van der Waals surface area contributed by atoms with Crippen LogP contribution in [0.3, 0.4) is 0 Å². The van der Waals surface area contributed by atoms with Crippen LogP contribution >= 0.6 is 0 Å². The molecule has 2 aliphatic heterocycles. The SMILES string of the molecule is Cc1ccc(C)c(N2CCN(C(=O)C3C(=S(=O)=O)NC(=O)N3C(C)C)CC2)c1. The molecule has 2 aliphatic rings. The first-order valence-corrected chi connectivity index (χ1v) is 10.4. The lowest BCUT2D eigenvalue weighted by atomic mass is 10.1. The topological polar surface area (TPSA) is 90.0 Å². The van der Waals surface area contributed by atoms with E-state index in [1.165, 1.54) is 16.0 Å². The molecule has 2 heterocycles. The summed E-state index contributed by atoms with van der Waals surface area (Å²) in [4.78, 5) is 30.2. The lowest BCUT2D eigenvalue weighted by molar-refractivity contribution is -0.134. The number of piperazine rings is 1. The van der Waals surface area contributed by atoms with Gasteiger partial charge in [-0.1, -0.05) is 12.1 Å². The number of aryl methyl sites for hydroxylation is 2. The van der Waals surface area contributed by atoms with Gasteiger partial charge in [0.1, 0.15) is 0 Å². The molecule has 2 saturated heterocycles. The predicted octanol–water partition coefficient (Wildman–Crippen LogP) is 0.763. The highest BCUT2D eigenvalue weighted by Crippen LogP contribution is 2.24. The van der Waals surface area contributed by atoms with Crippen LogP contribution in [0.1, 0.15) is 25.0 Å². The average molecular weight is 407 g/mol. The highest BCUT2D eigenvalue weighted by molar-refractivity contribution is 7.73. The summed E-state index contributed by atoms with van der Waals surface area (Å²) in [6.45, 7) is 9.89. The molecule has 3 amide bonds. The molecule has 0 aromatic heterocycles. The number of nitrogens with zero attached hydrogens (tertiary/aromatic N) is 3. The Morgan fingerprint density at radius 1 is 1.14 bits per heavy atom. The van der Waals surface area contributed by atoms with Gasteiger partial charge in [0.2, 0.25) is 10.3 Å². The van der Waals surface area contributed by atoms with Crippen molar-refractivity contribution in [3.8, 4) is 0 Å². The van der Waals surface area contributed by atoms with Crippen molar-refractivity contribution in [1.29, 1.82) is 0 Å². The van der Waals surface area contributed by atoms with Crippen molar-refractivity contribution in [1.82, 2.24) is 15.1 Å². The van der Waals surface area contributed by atoms with Crippen LogP contribution in [0.2, 0.25) is 0 Å². The molecule has 1 atom stereocenters. The second kappa shape index (κ2) is 7.83. The van der Waals surface area contributed by atoms with Gasteiger partial charge in [0, 0.05) is 37.9 Å². The van der Waals surface area contributed by atoms with E-state index in [9.17, 15) is 18.0 Å². The molecule has 28 heavy (non-hydrogen) atoms. The van der Waals surface area contributed by atoms with Gasteiger partial charge in [0.15, 0.2) is 11.0 Å². The summed E-state index contributed by atoms with van der Waals surface area (Å²) in [7, 11) is -2.66. The van der Waals surface area contributed by atoms with Gasteiger partial charge in [-0.3, -0.25) is 10.1 Å². The van der Waals surface area contributed by atoms with Crippen molar-refractivity contribution in [2.75, 3.05) is 31.1 Å². The van der Waals surface area contributed by atoms with E-state index in [-0.39, 0.29) is 16.9 Å². The molecule has 1 N–H and O–H groups in total. The van der Waals surface area contributed by atoms with Crippen molar-refractivity contribution in [2.24, 2.45) is 0 Å². The van der Waals surface area contributed by atoms with E-state index >= 15 is 0 Å². The first-order valence-electron chi connectivity index (χ1n) is 9.37. The molecule has 0 bridgehead atoms. The van der Waals surface area contributed by atoms with Gasteiger partial charge in [-0.05, 0) is 44.9 Å². The Bertz CT molecular complexity index is 925. The van der Waals surface area contributed by atoms with Crippen LogP contribution in [0, 0.1) is 13.8 Å². The summed E-state index contributed by atoms with van der Waals surface area (Å²) in [5.74, 6) is -0.355. The van der Waals surface area contributed by atoms with Crippen LogP contribution in [-0.2, 0) is 15.1 Å². The first-order chi connectivity index (χ1) is 13.2. The minimum Gasteiger partial charge on any atom is -0.368 e. The minimum atomic E-state index is -2.66. The quantitative estimate of drug-likeness (QED) is 0.749. The monoisotopic (exact) mass is 406 g/mol. The molecular weight excluding hydrogens is 380 g/mol. The Hall–Kier alpha value is -2.55. The van der Waals surface area contributed by atoms with Crippen LogP contribution in [-0.4, -0.2) is 73.4 Å². The third-order valence-corrected chi connectivity index (χ3v) is 5.94. The maximum Gasteiger partial charge on any atom is 0.323 e. The van der Waals surface area contributed by atoms with Crippen molar-refractivity contribution in [3.05, 3.63) is 29.3 Å². The number of urea groups is 1. The second-order valence-electron chi connectivity index (χ2n) is 7.53. The van der Waals surface area contributed by atoms with Crippen molar-refractivity contribution >= 4 is 32.9 Å². The van der Waals surface area contributed by atoms with Crippen LogP contribution in [0.15, 0.2) is 18.2 Å². The molecule has 0 aliphatic carbocycles. The number of hydrogen-bond donors (Lipinski definition) is 1. The molecule has 0 spiro atoms.